The maximum atomic E-state index is 13.5. The molecule has 4 aromatic rings. The van der Waals surface area contributed by atoms with E-state index in [9.17, 15) is 9.59 Å². The molecule has 9 heteroatoms. The number of nitrogens with zero attached hydrogens (tertiary/aromatic N) is 5. The molecule has 0 bridgehead atoms. The molecule has 1 aromatic carbocycles. The van der Waals surface area contributed by atoms with Gasteiger partial charge in [-0.15, -0.1) is 11.3 Å². The molecular formula is C24H27N5O2S2. The van der Waals surface area contributed by atoms with Crippen molar-refractivity contribution < 1.29 is 4.79 Å². The number of carbonyl (C=O) groups excluding carboxylic acids is 1. The van der Waals surface area contributed by atoms with E-state index in [0.29, 0.717) is 35.8 Å². The first-order chi connectivity index (χ1) is 15.9. The zero-order valence-corrected chi connectivity index (χ0v) is 20.9. The summed E-state index contributed by atoms with van der Waals surface area (Å²) >= 11 is 2.90. The number of hydrogen-bond donors (Lipinski definition) is 0. The van der Waals surface area contributed by atoms with Crippen molar-refractivity contribution in [3.63, 3.8) is 0 Å². The lowest BCUT2D eigenvalue weighted by molar-refractivity contribution is -0.116. The predicted molar refractivity (Wildman–Crippen MR) is 136 cm³/mol. The SMILES string of the molecule is CCN(C(=O)CSc1nc2c(C)nn(CC)c2c(=O)n1Cc1cccs1)c1cccc(C)c1. The van der Waals surface area contributed by atoms with Crippen molar-refractivity contribution in [3.8, 4) is 0 Å². The molecule has 3 aromatic heterocycles. The van der Waals surface area contributed by atoms with Crippen LogP contribution in [-0.2, 0) is 17.9 Å². The van der Waals surface area contributed by atoms with Gasteiger partial charge in [-0.25, -0.2) is 4.98 Å². The van der Waals surface area contributed by atoms with Gasteiger partial charge in [0.1, 0.15) is 5.52 Å². The van der Waals surface area contributed by atoms with E-state index in [-0.39, 0.29) is 17.2 Å². The zero-order chi connectivity index (χ0) is 23.5. The lowest BCUT2D eigenvalue weighted by atomic mass is 10.2. The highest BCUT2D eigenvalue weighted by Crippen LogP contribution is 2.24. The zero-order valence-electron chi connectivity index (χ0n) is 19.2. The van der Waals surface area contributed by atoms with Gasteiger partial charge in [-0.2, -0.15) is 5.10 Å². The molecule has 3 heterocycles. The maximum Gasteiger partial charge on any atom is 0.280 e. The van der Waals surface area contributed by atoms with E-state index in [4.69, 9.17) is 4.98 Å². The fraction of sp³-hybridized carbons (Fsp3) is 0.333. The van der Waals surface area contributed by atoms with Crippen molar-refractivity contribution in [2.75, 3.05) is 17.2 Å². The minimum absolute atomic E-state index is 0.0221. The summed E-state index contributed by atoms with van der Waals surface area (Å²) in [6.45, 7) is 9.37. The molecule has 33 heavy (non-hydrogen) atoms. The molecule has 172 valence electrons. The van der Waals surface area contributed by atoms with Crippen LogP contribution in [0, 0.1) is 13.8 Å². The number of amides is 1. The molecule has 0 aliphatic rings. The van der Waals surface area contributed by atoms with Crippen LogP contribution in [-0.4, -0.2) is 37.5 Å². The van der Waals surface area contributed by atoms with Gasteiger partial charge in [-0.05, 0) is 56.8 Å². The minimum atomic E-state index is -0.128. The predicted octanol–water partition coefficient (Wildman–Crippen LogP) is 4.48. The normalized spacial score (nSPS) is 11.3. The first-order valence-corrected chi connectivity index (χ1v) is 12.8. The minimum Gasteiger partial charge on any atom is -0.312 e. The van der Waals surface area contributed by atoms with Gasteiger partial charge in [-0.1, -0.05) is 30.0 Å². The second-order valence-electron chi connectivity index (χ2n) is 7.73. The van der Waals surface area contributed by atoms with Crippen LogP contribution in [0.25, 0.3) is 11.0 Å². The Morgan fingerprint density at radius 1 is 1.18 bits per heavy atom. The van der Waals surface area contributed by atoms with Crippen molar-refractivity contribution in [3.05, 3.63) is 68.3 Å². The first kappa shape index (κ1) is 23.3. The van der Waals surface area contributed by atoms with E-state index in [1.165, 1.54) is 11.8 Å². The molecular weight excluding hydrogens is 454 g/mol. The highest BCUT2D eigenvalue weighted by atomic mass is 32.2. The standard InChI is InChI=1S/C24H27N5O2S2/c1-5-27(18-10-7-9-16(3)13-18)20(30)15-33-24-25-21-17(4)26-29(6-2)22(21)23(31)28(24)14-19-11-8-12-32-19/h7-13H,5-6,14-15H2,1-4H3. The molecule has 0 aliphatic carbocycles. The van der Waals surface area contributed by atoms with Crippen molar-refractivity contribution >= 4 is 45.7 Å². The number of anilines is 1. The summed E-state index contributed by atoms with van der Waals surface area (Å²) in [7, 11) is 0. The molecule has 0 saturated carbocycles. The molecule has 0 atom stereocenters. The Hall–Kier alpha value is -2.91. The summed E-state index contributed by atoms with van der Waals surface area (Å²) in [6, 6.07) is 11.9. The van der Waals surface area contributed by atoms with Crippen LogP contribution >= 0.6 is 23.1 Å². The van der Waals surface area contributed by atoms with Crippen molar-refractivity contribution in [1.82, 2.24) is 19.3 Å². The summed E-state index contributed by atoms with van der Waals surface area (Å²) in [5.74, 6) is 0.164. The van der Waals surface area contributed by atoms with Gasteiger partial charge in [0, 0.05) is 23.7 Å². The third-order valence-electron chi connectivity index (χ3n) is 5.43. The van der Waals surface area contributed by atoms with E-state index >= 15 is 0 Å². The highest BCUT2D eigenvalue weighted by molar-refractivity contribution is 7.99. The molecule has 4 rings (SSSR count). The molecule has 0 saturated heterocycles. The molecule has 0 fully saturated rings. The van der Waals surface area contributed by atoms with Crippen LogP contribution < -0.4 is 10.5 Å². The number of benzene rings is 1. The topological polar surface area (TPSA) is 73.0 Å². The second-order valence-corrected chi connectivity index (χ2v) is 9.70. The van der Waals surface area contributed by atoms with E-state index in [0.717, 1.165) is 21.8 Å². The van der Waals surface area contributed by atoms with E-state index in [1.54, 1.807) is 25.5 Å². The quantitative estimate of drug-likeness (QED) is 0.274. The Morgan fingerprint density at radius 2 is 2.00 bits per heavy atom. The summed E-state index contributed by atoms with van der Waals surface area (Å²) in [4.78, 5) is 34.3. The third-order valence-corrected chi connectivity index (χ3v) is 7.25. The number of aryl methyl sites for hydroxylation is 3. The summed E-state index contributed by atoms with van der Waals surface area (Å²) in [6.07, 6.45) is 0. The van der Waals surface area contributed by atoms with E-state index in [1.807, 2.05) is 69.5 Å². The Kier molecular flexibility index (Phi) is 6.99. The van der Waals surface area contributed by atoms with Gasteiger partial charge >= 0.3 is 0 Å². The van der Waals surface area contributed by atoms with Gasteiger partial charge in [-0.3, -0.25) is 18.8 Å². The Balaban J connectivity index is 1.69. The Bertz CT molecular complexity index is 1340. The number of carbonyl (C=O) groups is 1. The second kappa shape index (κ2) is 9.93. The van der Waals surface area contributed by atoms with Gasteiger partial charge in [0.15, 0.2) is 10.7 Å². The molecule has 0 N–H and O–H groups in total. The summed E-state index contributed by atoms with van der Waals surface area (Å²) in [5, 5.41) is 7.02. The Morgan fingerprint density at radius 3 is 2.67 bits per heavy atom. The molecule has 0 unspecified atom stereocenters. The van der Waals surface area contributed by atoms with E-state index in [2.05, 4.69) is 5.10 Å². The van der Waals surface area contributed by atoms with Crippen LogP contribution in [0.1, 0.15) is 30.0 Å². The molecule has 0 spiro atoms. The van der Waals surface area contributed by atoms with Gasteiger partial charge in [0.25, 0.3) is 5.56 Å². The summed E-state index contributed by atoms with van der Waals surface area (Å²) in [5.41, 5.74) is 3.68. The van der Waals surface area contributed by atoms with Crippen molar-refractivity contribution in [2.24, 2.45) is 0 Å². The fourth-order valence-corrected chi connectivity index (χ4v) is 5.39. The van der Waals surface area contributed by atoms with Gasteiger partial charge < -0.3 is 4.90 Å². The van der Waals surface area contributed by atoms with Crippen LogP contribution in [0.15, 0.2) is 51.7 Å². The number of aromatic nitrogens is 4. The monoisotopic (exact) mass is 481 g/mol. The molecule has 0 aliphatic heterocycles. The number of thiophene rings is 1. The van der Waals surface area contributed by atoms with E-state index < -0.39 is 0 Å². The van der Waals surface area contributed by atoms with Gasteiger partial charge in [0.05, 0.1) is 18.0 Å². The first-order valence-electron chi connectivity index (χ1n) is 10.9. The fourth-order valence-electron chi connectivity index (χ4n) is 3.83. The maximum absolute atomic E-state index is 13.5. The van der Waals surface area contributed by atoms with Crippen LogP contribution in [0.4, 0.5) is 5.69 Å². The van der Waals surface area contributed by atoms with Crippen molar-refractivity contribution in [1.29, 1.82) is 0 Å². The van der Waals surface area contributed by atoms with Crippen LogP contribution in [0.5, 0.6) is 0 Å². The van der Waals surface area contributed by atoms with Crippen LogP contribution in [0.3, 0.4) is 0 Å². The van der Waals surface area contributed by atoms with Gasteiger partial charge in [0.2, 0.25) is 5.91 Å². The van der Waals surface area contributed by atoms with Crippen molar-refractivity contribution in [2.45, 2.75) is 45.9 Å². The largest absolute Gasteiger partial charge is 0.312 e. The molecule has 7 nitrogen and oxygen atoms in total. The lowest BCUT2D eigenvalue weighted by Gasteiger charge is -2.21. The Labute approximate surface area is 201 Å². The number of thioether (sulfide) groups is 1. The number of fused-ring (bicyclic) bond motifs is 1. The smallest absolute Gasteiger partial charge is 0.280 e. The molecule has 1 amide bonds. The average molecular weight is 482 g/mol. The van der Waals surface area contributed by atoms with Crippen LogP contribution in [0.2, 0.25) is 0 Å². The average Bonchev–Trinajstić information content (AvgIpc) is 3.42. The number of hydrogen-bond acceptors (Lipinski definition) is 6. The molecule has 0 radical (unpaired) electrons. The third kappa shape index (κ3) is 4.74. The summed E-state index contributed by atoms with van der Waals surface area (Å²) < 4.78 is 3.38. The lowest BCUT2D eigenvalue weighted by Crippen LogP contribution is -2.32. The number of rotatable bonds is 8. The highest BCUT2D eigenvalue weighted by Gasteiger charge is 2.21.